The van der Waals surface area contributed by atoms with Crippen molar-refractivity contribution in [2.75, 3.05) is 0 Å². The van der Waals surface area contributed by atoms with E-state index in [0.717, 1.165) is 0 Å². The molecule has 0 unspecified atom stereocenters. The van der Waals surface area contributed by atoms with Crippen LogP contribution >= 0.6 is 0 Å². The summed E-state index contributed by atoms with van der Waals surface area (Å²) in [5.41, 5.74) is 2.55. The van der Waals surface area contributed by atoms with Crippen LogP contribution in [0.5, 0.6) is 11.5 Å². The number of pyridine rings is 1. The van der Waals surface area contributed by atoms with Crippen LogP contribution in [-0.4, -0.2) is 21.7 Å². The Labute approximate surface area is 198 Å². The number of aryl methyl sites for hydroxylation is 1. The highest BCUT2D eigenvalue weighted by atomic mass is 19.4. The molecular weight excluding hydrogens is 466 g/mol. The number of hydrogen-bond acceptors (Lipinski definition) is 4. The molecule has 1 N–H and O–H groups in total. The van der Waals surface area contributed by atoms with Crippen LogP contribution in [-0.2, 0) is 19.6 Å². The predicted molar refractivity (Wildman–Crippen MR) is 120 cm³/mol. The molecule has 0 fully saturated rings. The van der Waals surface area contributed by atoms with E-state index in [4.69, 9.17) is 4.74 Å². The SMILES string of the molecule is CCc1cc(OCc2ccc(OC(F)(F)F)cc2)cc(F)c1CNC(=O)c1cnc2ccccn12. The Morgan fingerprint density at radius 2 is 1.86 bits per heavy atom. The average molecular weight is 487 g/mol. The third-order valence-electron chi connectivity index (χ3n) is 5.28. The lowest BCUT2D eigenvalue weighted by Gasteiger charge is -2.14. The van der Waals surface area contributed by atoms with Gasteiger partial charge in [-0.25, -0.2) is 9.37 Å². The van der Waals surface area contributed by atoms with Crippen molar-refractivity contribution >= 4 is 11.6 Å². The number of benzene rings is 2. The number of carbonyl (C=O) groups is 1. The van der Waals surface area contributed by atoms with E-state index < -0.39 is 12.2 Å². The van der Waals surface area contributed by atoms with E-state index in [1.165, 1.54) is 36.5 Å². The molecule has 10 heteroatoms. The van der Waals surface area contributed by atoms with Gasteiger partial charge in [0.2, 0.25) is 0 Å². The Balaban J connectivity index is 1.41. The monoisotopic (exact) mass is 487 g/mol. The number of alkyl halides is 3. The molecule has 0 radical (unpaired) electrons. The lowest BCUT2D eigenvalue weighted by molar-refractivity contribution is -0.274. The van der Waals surface area contributed by atoms with Crippen molar-refractivity contribution in [3.63, 3.8) is 0 Å². The Hall–Kier alpha value is -4.08. The van der Waals surface area contributed by atoms with Crippen molar-refractivity contribution in [2.45, 2.75) is 32.9 Å². The second kappa shape index (κ2) is 10.0. The molecule has 0 aliphatic rings. The number of rotatable bonds is 8. The number of nitrogens with one attached hydrogen (secondary N) is 1. The maximum atomic E-state index is 14.9. The topological polar surface area (TPSA) is 64.9 Å². The first-order valence-electron chi connectivity index (χ1n) is 10.7. The number of imidazole rings is 1. The fraction of sp³-hybridized carbons (Fsp3) is 0.200. The van der Waals surface area contributed by atoms with Gasteiger partial charge >= 0.3 is 6.36 Å². The summed E-state index contributed by atoms with van der Waals surface area (Å²) in [6.45, 7) is 1.86. The second-order valence-corrected chi connectivity index (χ2v) is 7.63. The minimum Gasteiger partial charge on any atom is -0.489 e. The van der Waals surface area contributed by atoms with Gasteiger partial charge in [-0.3, -0.25) is 9.20 Å². The van der Waals surface area contributed by atoms with E-state index in [0.29, 0.717) is 34.5 Å². The van der Waals surface area contributed by atoms with Gasteiger partial charge in [0, 0.05) is 24.4 Å². The number of amides is 1. The molecule has 182 valence electrons. The molecule has 2 aromatic carbocycles. The van der Waals surface area contributed by atoms with Gasteiger partial charge in [0.25, 0.3) is 5.91 Å². The molecule has 2 heterocycles. The minimum atomic E-state index is -4.76. The molecule has 1 amide bonds. The van der Waals surface area contributed by atoms with Crippen molar-refractivity contribution in [1.29, 1.82) is 0 Å². The minimum absolute atomic E-state index is 0.0190. The smallest absolute Gasteiger partial charge is 0.489 e. The lowest BCUT2D eigenvalue weighted by atomic mass is 10.0. The molecular formula is C25H21F4N3O3. The number of hydrogen-bond donors (Lipinski definition) is 1. The standard InChI is InChI=1S/C25H21F4N3O3/c1-2-17-11-19(34-15-16-6-8-18(9-7-16)35-25(27,28)29)12-21(26)20(17)13-31-24(33)22-14-30-23-5-3-4-10-32(22)23/h3-12,14H,2,13,15H2,1H3,(H,31,33). The Kier molecular flexibility index (Phi) is 6.90. The zero-order chi connectivity index (χ0) is 25.0. The summed E-state index contributed by atoms with van der Waals surface area (Å²) < 4.78 is 62.9. The van der Waals surface area contributed by atoms with Crippen molar-refractivity contribution in [3.8, 4) is 11.5 Å². The summed E-state index contributed by atoms with van der Waals surface area (Å²) in [4.78, 5) is 16.8. The van der Waals surface area contributed by atoms with Crippen LogP contribution in [0.15, 0.2) is 67.0 Å². The van der Waals surface area contributed by atoms with E-state index in [-0.39, 0.29) is 30.6 Å². The van der Waals surface area contributed by atoms with Crippen molar-refractivity contribution in [2.24, 2.45) is 0 Å². The number of nitrogens with zero attached hydrogens (tertiary/aromatic N) is 2. The fourth-order valence-electron chi connectivity index (χ4n) is 3.58. The first-order chi connectivity index (χ1) is 16.7. The molecule has 0 bridgehead atoms. The first kappa shape index (κ1) is 24.1. The average Bonchev–Trinajstić information content (AvgIpc) is 3.26. The third-order valence-corrected chi connectivity index (χ3v) is 5.28. The molecule has 0 aliphatic heterocycles. The van der Waals surface area contributed by atoms with Gasteiger partial charge in [-0.1, -0.05) is 25.1 Å². The summed E-state index contributed by atoms with van der Waals surface area (Å²) in [6.07, 6.45) is -1.09. The number of carbonyl (C=O) groups excluding carboxylic acids is 1. The first-order valence-corrected chi connectivity index (χ1v) is 10.7. The van der Waals surface area contributed by atoms with Crippen LogP contribution < -0.4 is 14.8 Å². The summed E-state index contributed by atoms with van der Waals surface area (Å²) in [6, 6.07) is 13.5. The highest BCUT2D eigenvalue weighted by Gasteiger charge is 2.30. The maximum absolute atomic E-state index is 14.9. The Morgan fingerprint density at radius 3 is 2.57 bits per heavy atom. The van der Waals surface area contributed by atoms with Gasteiger partial charge in [0.15, 0.2) is 0 Å². The Morgan fingerprint density at radius 1 is 1.09 bits per heavy atom. The third kappa shape index (κ3) is 5.89. The molecule has 0 saturated carbocycles. The molecule has 2 aromatic heterocycles. The van der Waals surface area contributed by atoms with Crippen molar-refractivity contribution in [3.05, 3.63) is 95.2 Å². The van der Waals surface area contributed by atoms with E-state index >= 15 is 0 Å². The number of ether oxygens (including phenoxy) is 2. The second-order valence-electron chi connectivity index (χ2n) is 7.63. The molecule has 0 spiro atoms. The van der Waals surface area contributed by atoms with E-state index in [1.54, 1.807) is 28.8 Å². The molecule has 6 nitrogen and oxygen atoms in total. The molecule has 35 heavy (non-hydrogen) atoms. The van der Waals surface area contributed by atoms with Gasteiger partial charge in [0.1, 0.15) is 35.3 Å². The number of halogens is 4. The highest BCUT2D eigenvalue weighted by Crippen LogP contribution is 2.25. The lowest BCUT2D eigenvalue weighted by Crippen LogP contribution is -2.25. The van der Waals surface area contributed by atoms with E-state index in [9.17, 15) is 22.4 Å². The van der Waals surface area contributed by atoms with Crippen LogP contribution in [0, 0.1) is 5.82 Å². The van der Waals surface area contributed by atoms with Crippen LogP contribution in [0.3, 0.4) is 0 Å². The van der Waals surface area contributed by atoms with Crippen molar-refractivity contribution < 1.29 is 31.8 Å². The zero-order valence-corrected chi connectivity index (χ0v) is 18.6. The van der Waals surface area contributed by atoms with Gasteiger partial charge in [-0.15, -0.1) is 13.2 Å². The van der Waals surface area contributed by atoms with Gasteiger partial charge in [0.05, 0.1) is 6.20 Å². The molecule has 0 atom stereocenters. The van der Waals surface area contributed by atoms with E-state index in [2.05, 4.69) is 15.0 Å². The van der Waals surface area contributed by atoms with Gasteiger partial charge in [-0.05, 0) is 47.9 Å². The Bertz CT molecular complexity index is 1330. The van der Waals surface area contributed by atoms with Crippen LogP contribution in [0.25, 0.3) is 5.65 Å². The molecule has 4 rings (SSSR count). The summed E-state index contributed by atoms with van der Waals surface area (Å²) in [7, 11) is 0. The largest absolute Gasteiger partial charge is 0.573 e. The number of fused-ring (bicyclic) bond motifs is 1. The summed E-state index contributed by atoms with van der Waals surface area (Å²) in [5, 5.41) is 2.74. The molecule has 0 saturated heterocycles. The van der Waals surface area contributed by atoms with Crippen LogP contribution in [0.4, 0.5) is 17.6 Å². The molecule has 0 aliphatic carbocycles. The van der Waals surface area contributed by atoms with Gasteiger partial charge in [-0.2, -0.15) is 0 Å². The highest BCUT2D eigenvalue weighted by molar-refractivity contribution is 5.93. The predicted octanol–water partition coefficient (Wildman–Crippen LogP) is 5.44. The van der Waals surface area contributed by atoms with Gasteiger partial charge < -0.3 is 14.8 Å². The summed E-state index contributed by atoms with van der Waals surface area (Å²) in [5.74, 6) is -0.988. The molecule has 4 aromatic rings. The zero-order valence-electron chi connectivity index (χ0n) is 18.6. The van der Waals surface area contributed by atoms with Crippen molar-refractivity contribution in [1.82, 2.24) is 14.7 Å². The number of aromatic nitrogens is 2. The maximum Gasteiger partial charge on any atom is 0.573 e. The summed E-state index contributed by atoms with van der Waals surface area (Å²) >= 11 is 0. The van der Waals surface area contributed by atoms with Crippen LogP contribution in [0.1, 0.15) is 34.1 Å². The van der Waals surface area contributed by atoms with Crippen LogP contribution in [0.2, 0.25) is 0 Å². The van der Waals surface area contributed by atoms with E-state index in [1.807, 2.05) is 13.0 Å². The quantitative estimate of drug-likeness (QED) is 0.336. The normalized spacial score (nSPS) is 11.5. The fourth-order valence-corrected chi connectivity index (χ4v) is 3.58.